The largest absolute Gasteiger partial charge is 0.396 e. The van der Waals surface area contributed by atoms with Gasteiger partial charge in [-0.15, -0.1) is 0 Å². The van der Waals surface area contributed by atoms with Crippen LogP contribution in [0, 0.1) is 58.2 Å². The minimum Gasteiger partial charge on any atom is -0.396 e. The molecule has 0 amide bonds. The smallest absolute Gasteiger partial charge is 0.187 e. The molecule has 22 atom stereocenters. The van der Waals surface area contributed by atoms with E-state index in [0.29, 0.717) is 41.9 Å². The lowest BCUT2D eigenvalue weighted by molar-refractivity contribution is -0.338. The van der Waals surface area contributed by atoms with Gasteiger partial charge in [0.2, 0.25) is 0 Å². The van der Waals surface area contributed by atoms with Gasteiger partial charge in [0.1, 0.15) is 42.7 Å². The number of ether oxygens (including phenoxy) is 5. The molecule has 8 aliphatic rings. The summed E-state index contributed by atoms with van der Waals surface area (Å²) in [6.07, 6.45) is -1.10. The van der Waals surface area contributed by atoms with E-state index in [0.717, 1.165) is 58.0 Å². The van der Waals surface area contributed by atoms with Gasteiger partial charge in [-0.05, 0) is 105 Å². The average Bonchev–Trinajstić information content (AvgIpc) is 3.59. The molecule has 8 rings (SSSR count). The Morgan fingerprint density at radius 3 is 2.28 bits per heavy atom. The summed E-state index contributed by atoms with van der Waals surface area (Å²) in [5, 5.41) is 74.6. The van der Waals surface area contributed by atoms with Crippen molar-refractivity contribution < 1.29 is 59.4 Å². The number of rotatable bonds is 6. The van der Waals surface area contributed by atoms with E-state index in [9.17, 15) is 35.7 Å². The zero-order valence-corrected chi connectivity index (χ0v) is 32.2. The Bertz CT molecular complexity index is 1350. The van der Waals surface area contributed by atoms with Gasteiger partial charge in [0.05, 0.1) is 31.5 Å². The molecule has 12 nitrogen and oxygen atoms in total. The minimum absolute atomic E-state index is 0.0242. The molecule has 7 fully saturated rings. The highest BCUT2D eigenvalue weighted by molar-refractivity contribution is 5.28. The first-order valence-corrected chi connectivity index (χ1v) is 20.8. The first kappa shape index (κ1) is 39.1. The zero-order chi connectivity index (χ0) is 37.8. The summed E-state index contributed by atoms with van der Waals surface area (Å²) in [7, 11) is 0. The lowest BCUT2D eigenvalue weighted by Crippen LogP contribution is -2.64. The van der Waals surface area contributed by atoms with Gasteiger partial charge in [0.25, 0.3) is 0 Å². The van der Waals surface area contributed by atoms with Crippen LogP contribution in [0.3, 0.4) is 0 Å². The number of hydrogen-bond acceptors (Lipinski definition) is 12. The molecule has 302 valence electrons. The molecule has 12 heteroatoms. The van der Waals surface area contributed by atoms with E-state index in [1.54, 1.807) is 0 Å². The van der Waals surface area contributed by atoms with Crippen LogP contribution in [0.25, 0.3) is 0 Å². The van der Waals surface area contributed by atoms with Crippen LogP contribution in [0.2, 0.25) is 0 Å². The highest BCUT2D eigenvalue weighted by Gasteiger charge is 2.69. The zero-order valence-electron chi connectivity index (χ0n) is 32.2. The lowest BCUT2D eigenvalue weighted by Gasteiger charge is -2.60. The van der Waals surface area contributed by atoms with Gasteiger partial charge in [-0.25, -0.2) is 0 Å². The van der Waals surface area contributed by atoms with Gasteiger partial charge in [-0.3, -0.25) is 0 Å². The Labute approximate surface area is 314 Å². The van der Waals surface area contributed by atoms with Crippen molar-refractivity contribution >= 4 is 0 Å². The Kier molecular flexibility index (Phi) is 10.5. The van der Waals surface area contributed by atoms with Crippen LogP contribution in [0.4, 0.5) is 0 Å². The third-order valence-electron chi connectivity index (χ3n) is 16.5. The van der Waals surface area contributed by atoms with E-state index < -0.39 is 73.6 Å². The van der Waals surface area contributed by atoms with E-state index >= 15 is 0 Å². The quantitative estimate of drug-likeness (QED) is 0.197. The molecule has 3 saturated carbocycles. The van der Waals surface area contributed by atoms with Crippen LogP contribution in [0.15, 0.2) is 11.6 Å². The van der Waals surface area contributed by atoms with E-state index in [-0.39, 0.29) is 35.4 Å². The van der Waals surface area contributed by atoms with Crippen molar-refractivity contribution in [2.24, 2.45) is 58.2 Å². The molecule has 4 heterocycles. The fourth-order valence-corrected chi connectivity index (χ4v) is 13.4. The summed E-state index contributed by atoms with van der Waals surface area (Å²) in [6.45, 7) is 11.5. The highest BCUT2D eigenvalue weighted by Crippen LogP contribution is 2.71. The van der Waals surface area contributed by atoms with Gasteiger partial charge in [0, 0.05) is 24.9 Å². The maximum absolute atomic E-state index is 11.3. The summed E-state index contributed by atoms with van der Waals surface area (Å²) >= 11 is 0. The molecular weight excluding hydrogens is 684 g/mol. The maximum atomic E-state index is 11.3. The molecule has 0 unspecified atom stereocenters. The van der Waals surface area contributed by atoms with Gasteiger partial charge in [0.15, 0.2) is 12.1 Å². The van der Waals surface area contributed by atoms with Crippen molar-refractivity contribution in [3.05, 3.63) is 11.6 Å². The average molecular weight is 751 g/mol. The topological polar surface area (TPSA) is 188 Å². The number of allylic oxidation sites excluding steroid dienone is 1. The molecule has 53 heavy (non-hydrogen) atoms. The van der Waals surface area contributed by atoms with E-state index in [4.69, 9.17) is 23.7 Å². The van der Waals surface area contributed by atoms with Crippen LogP contribution in [-0.2, 0) is 23.7 Å². The molecule has 4 aliphatic heterocycles. The van der Waals surface area contributed by atoms with Crippen LogP contribution < -0.4 is 0 Å². The summed E-state index contributed by atoms with van der Waals surface area (Å²) in [4.78, 5) is 0. The highest BCUT2D eigenvalue weighted by atomic mass is 16.7. The maximum Gasteiger partial charge on any atom is 0.187 e. The molecule has 0 radical (unpaired) electrons. The summed E-state index contributed by atoms with van der Waals surface area (Å²) in [5.41, 5.74) is 1.57. The van der Waals surface area contributed by atoms with E-state index in [2.05, 4.69) is 33.8 Å². The van der Waals surface area contributed by atoms with Gasteiger partial charge < -0.3 is 59.4 Å². The molecule has 1 spiro atoms. The van der Waals surface area contributed by atoms with Crippen LogP contribution in [0.1, 0.15) is 92.4 Å². The monoisotopic (exact) mass is 750 g/mol. The molecule has 0 aromatic rings. The number of aliphatic hydroxyl groups is 7. The molecule has 0 aromatic carbocycles. The lowest BCUT2D eigenvalue weighted by atomic mass is 9.44. The molecule has 4 saturated heterocycles. The Balaban J connectivity index is 0.949. The van der Waals surface area contributed by atoms with Crippen molar-refractivity contribution in [1.82, 2.24) is 0 Å². The summed E-state index contributed by atoms with van der Waals surface area (Å²) in [5.74, 6) is 2.56. The summed E-state index contributed by atoms with van der Waals surface area (Å²) in [6, 6.07) is 0. The second-order valence-corrected chi connectivity index (χ2v) is 19.3. The first-order valence-electron chi connectivity index (χ1n) is 20.8. The predicted octanol–water partition coefficient (Wildman–Crippen LogP) is 2.27. The third kappa shape index (κ3) is 6.15. The van der Waals surface area contributed by atoms with Gasteiger partial charge in [-0.1, -0.05) is 39.3 Å². The molecule has 0 aromatic heterocycles. The van der Waals surface area contributed by atoms with Crippen molar-refractivity contribution in [3.63, 3.8) is 0 Å². The van der Waals surface area contributed by atoms with Crippen LogP contribution in [0.5, 0.6) is 0 Å². The van der Waals surface area contributed by atoms with E-state index in [1.807, 2.05) is 0 Å². The van der Waals surface area contributed by atoms with Crippen molar-refractivity contribution in [1.29, 1.82) is 0 Å². The second-order valence-electron chi connectivity index (χ2n) is 19.3. The molecule has 0 bridgehead atoms. The summed E-state index contributed by atoms with van der Waals surface area (Å²) < 4.78 is 31.1. The van der Waals surface area contributed by atoms with Crippen molar-refractivity contribution in [3.8, 4) is 0 Å². The van der Waals surface area contributed by atoms with E-state index in [1.165, 1.54) is 12.5 Å². The van der Waals surface area contributed by atoms with Crippen LogP contribution >= 0.6 is 0 Å². The number of aliphatic hydroxyl groups excluding tert-OH is 7. The predicted molar refractivity (Wildman–Crippen MR) is 191 cm³/mol. The number of hydrogen-bond donors (Lipinski definition) is 7. The van der Waals surface area contributed by atoms with Crippen LogP contribution in [-0.4, -0.2) is 129 Å². The Hall–Kier alpha value is -0.740. The minimum atomic E-state index is -1.60. The van der Waals surface area contributed by atoms with Gasteiger partial charge in [-0.2, -0.15) is 0 Å². The number of fused-ring (bicyclic) bond motifs is 7. The molecule has 4 aliphatic carbocycles. The van der Waals surface area contributed by atoms with Crippen molar-refractivity contribution in [2.75, 3.05) is 19.8 Å². The Morgan fingerprint density at radius 1 is 0.811 bits per heavy atom. The SMILES string of the molecule is C[C@@H]1CC[C@@]2(OC1)O[C@H]1C[C@H]3[C@@H]4[C@H](CO)C=C5C[C@@H](C[C@H]6O[C@@H](CO)[C@H](O[C@H]7O[C@H](C)[C@@H](O)[C@H](O)[C@@H]7O)[C@@H](O)[C@@H]6O)CC[C@]5(C)[C@H]4CC[C@]3(C)[C@H]1[C@@H]2C. The molecule has 7 N–H and O–H groups in total. The fraction of sp³-hybridized carbons (Fsp3) is 0.951. The fourth-order valence-electron chi connectivity index (χ4n) is 13.4. The van der Waals surface area contributed by atoms with Crippen molar-refractivity contribution in [2.45, 2.75) is 166 Å². The Morgan fingerprint density at radius 2 is 1.58 bits per heavy atom. The third-order valence-corrected chi connectivity index (χ3v) is 16.5. The second kappa shape index (κ2) is 14.3. The standard InChI is InChI=1S/C41H66O12/c1-19-6-11-41(49-18-19)20(2)31-27(53-41)15-26-30-23(16-42)14-24-12-22(7-9-39(24,4)25(30)8-10-40(26,31)5)13-28-33(45)35(47)37(29(17-43)51-28)52-38-36(48)34(46)32(44)21(3)50-38/h14,19-23,25-38,42-48H,6-13,15-18H2,1-5H3/t19-,20+,21-,22+,23+,25+,26+,27+,28-,29+,30-,31+,32-,33-,34+,35+,36+,37+,38-,39+,40+,41-/m1/s1. The normalized spacial score (nSPS) is 58.0. The first-order chi connectivity index (χ1) is 25.2. The molecular formula is C41H66O12. The van der Waals surface area contributed by atoms with Gasteiger partial charge >= 0.3 is 0 Å².